The monoisotopic (exact) mass is 504 g/mol. The van der Waals surface area contributed by atoms with Crippen molar-refractivity contribution in [2.24, 2.45) is 0 Å². The fourth-order valence-corrected chi connectivity index (χ4v) is 5.01. The number of fused-ring (bicyclic) bond motifs is 1. The topological polar surface area (TPSA) is 0 Å². The van der Waals surface area contributed by atoms with E-state index in [-0.39, 0.29) is 5.82 Å². The van der Waals surface area contributed by atoms with Crippen molar-refractivity contribution in [3.8, 4) is 23.0 Å². The third-order valence-corrected chi connectivity index (χ3v) is 7.42. The molecule has 0 aliphatic heterocycles. The highest BCUT2D eigenvalue weighted by molar-refractivity contribution is 5.89. The van der Waals surface area contributed by atoms with E-state index in [0.717, 1.165) is 29.4 Å². The van der Waals surface area contributed by atoms with Crippen LogP contribution in [0.25, 0.3) is 21.9 Å². The Morgan fingerprint density at radius 1 is 0.553 bits per heavy atom. The largest absolute Gasteiger partial charge is 0.205 e. The van der Waals surface area contributed by atoms with Crippen LogP contribution < -0.4 is 0 Å². The molecule has 4 rings (SSSR count). The van der Waals surface area contributed by atoms with Gasteiger partial charge in [0.2, 0.25) is 0 Å². The van der Waals surface area contributed by atoms with E-state index in [0.29, 0.717) is 10.9 Å². The predicted molar refractivity (Wildman–Crippen MR) is 162 cm³/mol. The highest BCUT2D eigenvalue weighted by Crippen LogP contribution is 2.28. The molecule has 196 valence electrons. The van der Waals surface area contributed by atoms with Gasteiger partial charge in [-0.25, -0.2) is 4.39 Å². The van der Waals surface area contributed by atoms with E-state index >= 15 is 4.39 Å². The summed E-state index contributed by atoms with van der Waals surface area (Å²) in [4.78, 5) is 0. The molecule has 38 heavy (non-hydrogen) atoms. The molecule has 0 saturated carbocycles. The van der Waals surface area contributed by atoms with E-state index in [1.54, 1.807) is 6.07 Å². The highest BCUT2D eigenvalue weighted by atomic mass is 19.1. The third kappa shape index (κ3) is 7.82. The zero-order chi connectivity index (χ0) is 26.6. The number of hydrogen-bond acceptors (Lipinski definition) is 0. The quantitative estimate of drug-likeness (QED) is 0.133. The molecule has 0 unspecified atom stereocenters. The lowest BCUT2D eigenvalue weighted by Gasteiger charge is -2.08. The molecular weight excluding hydrogens is 463 g/mol. The summed E-state index contributed by atoms with van der Waals surface area (Å²) in [7, 11) is 0. The maximum Gasteiger partial charge on any atom is 0.146 e. The predicted octanol–water partition coefficient (Wildman–Crippen LogP) is 10.7. The van der Waals surface area contributed by atoms with Crippen LogP contribution in [0.15, 0.2) is 78.9 Å². The number of aryl methyl sites for hydroxylation is 2. The standard InChI is InChI=1S/C37H41F/c1-3-5-7-9-11-13-30-18-21-32(22-19-30)34-26-27-36-35(28-34)25-24-33(37(36)38)23-20-31-16-14-29(15-17-31)12-10-8-6-4-2/h14-19,21-22,24-28H,3-13H2,1-2H3. The molecule has 0 saturated heterocycles. The number of benzene rings is 4. The molecular formula is C37H41F. The van der Waals surface area contributed by atoms with Crippen LogP contribution in [0.3, 0.4) is 0 Å². The Morgan fingerprint density at radius 2 is 1.13 bits per heavy atom. The van der Waals surface area contributed by atoms with Crippen molar-refractivity contribution in [1.82, 2.24) is 0 Å². The van der Waals surface area contributed by atoms with Crippen molar-refractivity contribution < 1.29 is 4.39 Å². The van der Waals surface area contributed by atoms with Crippen molar-refractivity contribution in [3.63, 3.8) is 0 Å². The highest BCUT2D eigenvalue weighted by Gasteiger charge is 2.08. The summed E-state index contributed by atoms with van der Waals surface area (Å²) in [6.45, 7) is 4.49. The lowest BCUT2D eigenvalue weighted by atomic mass is 9.97. The summed E-state index contributed by atoms with van der Waals surface area (Å²) in [5.74, 6) is 5.96. The molecule has 0 nitrogen and oxygen atoms in total. The summed E-state index contributed by atoms with van der Waals surface area (Å²) in [6.07, 6.45) is 13.8. The molecule has 0 atom stereocenters. The summed E-state index contributed by atoms with van der Waals surface area (Å²) in [5, 5.41) is 1.52. The minimum Gasteiger partial charge on any atom is -0.205 e. The fraction of sp³-hybridized carbons (Fsp3) is 0.351. The Bertz CT molecular complexity index is 1350. The maximum absolute atomic E-state index is 15.3. The first kappa shape index (κ1) is 27.7. The molecule has 0 aliphatic carbocycles. The van der Waals surface area contributed by atoms with Crippen molar-refractivity contribution in [2.75, 3.05) is 0 Å². The van der Waals surface area contributed by atoms with Crippen LogP contribution in [0.5, 0.6) is 0 Å². The molecule has 4 aromatic carbocycles. The van der Waals surface area contributed by atoms with Gasteiger partial charge in [-0.1, -0.05) is 125 Å². The van der Waals surface area contributed by atoms with Crippen molar-refractivity contribution in [2.45, 2.75) is 84.5 Å². The summed E-state index contributed by atoms with van der Waals surface area (Å²) >= 11 is 0. The maximum atomic E-state index is 15.3. The Morgan fingerprint density at radius 3 is 1.79 bits per heavy atom. The molecule has 0 heterocycles. The first-order chi connectivity index (χ1) is 18.7. The molecule has 0 fully saturated rings. The normalized spacial score (nSPS) is 10.9. The lowest BCUT2D eigenvalue weighted by Crippen LogP contribution is -1.89. The first-order valence-electron chi connectivity index (χ1n) is 14.6. The van der Waals surface area contributed by atoms with Crippen LogP contribution in [0, 0.1) is 17.7 Å². The van der Waals surface area contributed by atoms with Crippen molar-refractivity contribution in [3.05, 3.63) is 107 Å². The van der Waals surface area contributed by atoms with Gasteiger partial charge in [0.1, 0.15) is 5.82 Å². The first-order valence-corrected chi connectivity index (χ1v) is 14.6. The number of halogens is 1. The second-order valence-corrected chi connectivity index (χ2v) is 10.5. The Balaban J connectivity index is 1.41. The van der Waals surface area contributed by atoms with Crippen molar-refractivity contribution in [1.29, 1.82) is 0 Å². The van der Waals surface area contributed by atoms with Gasteiger partial charge in [0.15, 0.2) is 0 Å². The molecule has 1 heteroatoms. The minimum atomic E-state index is -0.243. The molecule has 4 aromatic rings. The van der Waals surface area contributed by atoms with E-state index in [9.17, 15) is 0 Å². The minimum absolute atomic E-state index is 0.243. The second-order valence-electron chi connectivity index (χ2n) is 10.5. The van der Waals surface area contributed by atoms with E-state index in [1.807, 2.05) is 30.3 Å². The van der Waals surface area contributed by atoms with Crippen LogP contribution in [-0.4, -0.2) is 0 Å². The zero-order valence-corrected chi connectivity index (χ0v) is 23.2. The fourth-order valence-electron chi connectivity index (χ4n) is 5.01. The molecule has 0 spiro atoms. The van der Waals surface area contributed by atoms with Crippen LogP contribution in [0.1, 0.15) is 93.9 Å². The Kier molecular flexibility index (Phi) is 10.6. The van der Waals surface area contributed by atoms with Crippen molar-refractivity contribution >= 4 is 10.8 Å². The lowest BCUT2D eigenvalue weighted by molar-refractivity contribution is 0.632. The van der Waals surface area contributed by atoms with E-state index < -0.39 is 0 Å². The smallest absolute Gasteiger partial charge is 0.146 e. The Hall–Kier alpha value is -3.37. The Labute approximate surface area is 229 Å². The van der Waals surface area contributed by atoms with Gasteiger partial charge in [0, 0.05) is 10.9 Å². The van der Waals surface area contributed by atoms with E-state index in [1.165, 1.54) is 74.5 Å². The molecule has 0 aliphatic rings. The van der Waals surface area contributed by atoms with Gasteiger partial charge >= 0.3 is 0 Å². The van der Waals surface area contributed by atoms with Crippen LogP contribution in [0.2, 0.25) is 0 Å². The second kappa shape index (κ2) is 14.5. The van der Waals surface area contributed by atoms with Crippen LogP contribution in [0.4, 0.5) is 4.39 Å². The average Bonchev–Trinajstić information content (AvgIpc) is 2.96. The summed E-state index contributed by atoms with van der Waals surface area (Å²) in [6, 6.07) is 27.0. The molecule has 0 aromatic heterocycles. The van der Waals surface area contributed by atoms with E-state index in [2.05, 4.69) is 68.2 Å². The van der Waals surface area contributed by atoms with Gasteiger partial charge < -0.3 is 0 Å². The molecule has 0 N–H and O–H groups in total. The van der Waals surface area contributed by atoms with Crippen LogP contribution >= 0.6 is 0 Å². The van der Waals surface area contributed by atoms with Gasteiger partial charge in [-0.05, 0) is 77.6 Å². The number of rotatable bonds is 12. The number of unbranched alkanes of at least 4 members (excludes halogenated alkanes) is 7. The van der Waals surface area contributed by atoms with E-state index in [4.69, 9.17) is 0 Å². The van der Waals surface area contributed by atoms with Gasteiger partial charge in [-0.15, -0.1) is 0 Å². The molecule has 0 radical (unpaired) electrons. The average molecular weight is 505 g/mol. The molecule has 0 bridgehead atoms. The summed E-state index contributed by atoms with van der Waals surface area (Å²) in [5.41, 5.74) is 6.37. The van der Waals surface area contributed by atoms with Crippen LogP contribution in [-0.2, 0) is 12.8 Å². The number of hydrogen-bond donors (Lipinski definition) is 0. The SMILES string of the molecule is CCCCCCCc1ccc(-c2ccc3c(F)c(C#Cc4ccc(CCCCCC)cc4)ccc3c2)cc1. The van der Waals surface area contributed by atoms with Gasteiger partial charge in [-0.2, -0.15) is 0 Å². The van der Waals surface area contributed by atoms with Gasteiger partial charge in [0.25, 0.3) is 0 Å². The zero-order valence-electron chi connectivity index (χ0n) is 23.2. The summed E-state index contributed by atoms with van der Waals surface area (Å²) < 4.78 is 15.3. The molecule has 0 amide bonds. The third-order valence-electron chi connectivity index (χ3n) is 7.42. The van der Waals surface area contributed by atoms with Gasteiger partial charge in [0.05, 0.1) is 5.56 Å². The van der Waals surface area contributed by atoms with Gasteiger partial charge in [-0.3, -0.25) is 0 Å².